The topological polar surface area (TPSA) is 41.1 Å². The maximum atomic E-state index is 12.3. The summed E-state index contributed by atoms with van der Waals surface area (Å²) in [5.41, 5.74) is 0.772. The highest BCUT2D eigenvalue weighted by molar-refractivity contribution is 5.58. The number of nitrogens with one attached hydrogen (secondary N) is 1. The van der Waals surface area contributed by atoms with E-state index in [1.807, 2.05) is 20.8 Å². The third-order valence-electron chi connectivity index (χ3n) is 2.92. The molecule has 0 atom stereocenters. The minimum absolute atomic E-state index is 0.115. The molecule has 0 bridgehead atoms. The Kier molecular flexibility index (Phi) is 5.59. The van der Waals surface area contributed by atoms with Gasteiger partial charge in [-0.1, -0.05) is 6.92 Å². The Labute approximate surface area is 117 Å². The number of alkyl halides is 3. The first-order valence-corrected chi connectivity index (χ1v) is 6.67. The van der Waals surface area contributed by atoms with E-state index in [2.05, 4.69) is 15.3 Å². The summed E-state index contributed by atoms with van der Waals surface area (Å²) in [4.78, 5) is 10.2. The zero-order valence-electron chi connectivity index (χ0n) is 12.3. The van der Waals surface area contributed by atoms with E-state index < -0.39 is 12.6 Å². The molecule has 0 amide bonds. The number of aryl methyl sites for hydroxylation is 1. The molecule has 0 aliphatic rings. The Morgan fingerprint density at radius 2 is 1.85 bits per heavy atom. The summed E-state index contributed by atoms with van der Waals surface area (Å²) in [5.74, 6) is 1.87. The quantitative estimate of drug-likeness (QED) is 0.873. The summed E-state index contributed by atoms with van der Waals surface area (Å²) >= 11 is 0. The predicted molar refractivity (Wildman–Crippen MR) is 74.3 cm³/mol. The summed E-state index contributed by atoms with van der Waals surface area (Å²) in [6, 6.07) is 0. The van der Waals surface area contributed by atoms with Crippen LogP contribution in [0.5, 0.6) is 0 Å². The molecular formula is C13H21F3N4. The molecule has 0 fully saturated rings. The van der Waals surface area contributed by atoms with Crippen LogP contribution in [0.2, 0.25) is 0 Å². The molecule has 1 aromatic heterocycles. The van der Waals surface area contributed by atoms with E-state index in [4.69, 9.17) is 0 Å². The molecule has 7 heteroatoms. The Bertz CT molecular complexity index is 446. The second-order valence-electron chi connectivity index (χ2n) is 4.61. The van der Waals surface area contributed by atoms with E-state index in [9.17, 15) is 13.2 Å². The molecule has 0 aliphatic carbocycles. The van der Waals surface area contributed by atoms with Gasteiger partial charge in [0, 0.05) is 32.1 Å². The van der Waals surface area contributed by atoms with Gasteiger partial charge in [0.25, 0.3) is 0 Å². The van der Waals surface area contributed by atoms with Gasteiger partial charge < -0.3 is 10.2 Å². The van der Waals surface area contributed by atoms with Crippen molar-refractivity contribution < 1.29 is 13.2 Å². The molecule has 0 unspecified atom stereocenters. The summed E-state index contributed by atoms with van der Waals surface area (Å²) in [6.07, 6.45) is -4.38. The Hall–Kier alpha value is -1.53. The van der Waals surface area contributed by atoms with Gasteiger partial charge in [0.1, 0.15) is 17.5 Å². The molecule has 1 heterocycles. The van der Waals surface area contributed by atoms with Crippen LogP contribution < -0.4 is 10.2 Å². The molecule has 0 radical (unpaired) electrons. The van der Waals surface area contributed by atoms with Gasteiger partial charge >= 0.3 is 6.18 Å². The van der Waals surface area contributed by atoms with Gasteiger partial charge in [0.15, 0.2) is 0 Å². The molecule has 1 aromatic rings. The monoisotopic (exact) mass is 290 g/mol. The SMILES string of the molecule is CCNc1nc(CC)nc(N(C)CCC(F)(F)F)c1C. The Morgan fingerprint density at radius 3 is 2.35 bits per heavy atom. The number of nitrogens with zero attached hydrogens (tertiary/aromatic N) is 3. The van der Waals surface area contributed by atoms with Crippen molar-refractivity contribution in [1.82, 2.24) is 9.97 Å². The zero-order valence-corrected chi connectivity index (χ0v) is 12.3. The van der Waals surface area contributed by atoms with Crippen molar-refractivity contribution in [1.29, 1.82) is 0 Å². The lowest BCUT2D eigenvalue weighted by Crippen LogP contribution is -2.26. The first kappa shape index (κ1) is 16.5. The lowest BCUT2D eigenvalue weighted by Gasteiger charge is -2.23. The van der Waals surface area contributed by atoms with Crippen LogP contribution in [0.25, 0.3) is 0 Å². The first-order valence-electron chi connectivity index (χ1n) is 6.67. The first-order chi connectivity index (χ1) is 9.28. The van der Waals surface area contributed by atoms with Crippen LogP contribution in [0.1, 0.15) is 31.7 Å². The molecule has 0 saturated heterocycles. The number of hydrogen-bond donors (Lipinski definition) is 1. The smallest absolute Gasteiger partial charge is 0.370 e. The second-order valence-corrected chi connectivity index (χ2v) is 4.61. The van der Waals surface area contributed by atoms with Gasteiger partial charge in [-0.25, -0.2) is 9.97 Å². The van der Waals surface area contributed by atoms with Gasteiger partial charge in [-0.05, 0) is 13.8 Å². The summed E-state index contributed by atoms with van der Waals surface area (Å²) in [7, 11) is 1.62. The Balaban J connectivity index is 3.00. The molecule has 1 N–H and O–H groups in total. The fourth-order valence-corrected chi connectivity index (χ4v) is 1.82. The molecule has 20 heavy (non-hydrogen) atoms. The predicted octanol–water partition coefficient (Wildman–Crippen LogP) is 3.17. The minimum Gasteiger partial charge on any atom is -0.370 e. The van der Waals surface area contributed by atoms with Crippen LogP contribution in [0.3, 0.4) is 0 Å². The number of rotatable bonds is 6. The minimum atomic E-state index is -4.16. The van der Waals surface area contributed by atoms with Crippen molar-refractivity contribution in [3.05, 3.63) is 11.4 Å². The molecule has 1 rings (SSSR count). The van der Waals surface area contributed by atoms with Gasteiger partial charge in [0.2, 0.25) is 0 Å². The Morgan fingerprint density at radius 1 is 1.20 bits per heavy atom. The van der Waals surface area contributed by atoms with Crippen LogP contribution >= 0.6 is 0 Å². The van der Waals surface area contributed by atoms with Crippen molar-refractivity contribution in [2.45, 2.75) is 39.8 Å². The van der Waals surface area contributed by atoms with Gasteiger partial charge in [-0.3, -0.25) is 0 Å². The van der Waals surface area contributed by atoms with Gasteiger partial charge in [0.05, 0.1) is 6.42 Å². The van der Waals surface area contributed by atoms with E-state index >= 15 is 0 Å². The van der Waals surface area contributed by atoms with E-state index in [1.54, 1.807) is 7.05 Å². The summed E-state index contributed by atoms with van der Waals surface area (Å²) in [5, 5.41) is 3.12. The summed E-state index contributed by atoms with van der Waals surface area (Å²) < 4.78 is 36.9. The average Bonchev–Trinajstić information content (AvgIpc) is 2.37. The van der Waals surface area contributed by atoms with Gasteiger partial charge in [-0.2, -0.15) is 13.2 Å². The third-order valence-corrected chi connectivity index (χ3v) is 2.92. The van der Waals surface area contributed by atoms with E-state index in [0.29, 0.717) is 30.4 Å². The zero-order chi connectivity index (χ0) is 15.3. The van der Waals surface area contributed by atoms with E-state index in [0.717, 1.165) is 5.56 Å². The fraction of sp³-hybridized carbons (Fsp3) is 0.692. The van der Waals surface area contributed by atoms with Gasteiger partial charge in [-0.15, -0.1) is 0 Å². The number of aromatic nitrogens is 2. The van der Waals surface area contributed by atoms with Crippen LogP contribution in [-0.4, -0.2) is 36.3 Å². The fourth-order valence-electron chi connectivity index (χ4n) is 1.82. The highest BCUT2D eigenvalue weighted by Crippen LogP contribution is 2.25. The van der Waals surface area contributed by atoms with Crippen molar-refractivity contribution in [3.8, 4) is 0 Å². The molecule has 0 spiro atoms. The number of anilines is 2. The lowest BCUT2D eigenvalue weighted by molar-refractivity contribution is -0.132. The van der Waals surface area contributed by atoms with E-state index in [-0.39, 0.29) is 6.54 Å². The van der Waals surface area contributed by atoms with Crippen LogP contribution in [0.4, 0.5) is 24.8 Å². The number of hydrogen-bond acceptors (Lipinski definition) is 4. The highest BCUT2D eigenvalue weighted by Gasteiger charge is 2.28. The van der Waals surface area contributed by atoms with E-state index in [1.165, 1.54) is 4.90 Å². The van der Waals surface area contributed by atoms with Crippen LogP contribution in [0.15, 0.2) is 0 Å². The lowest BCUT2D eigenvalue weighted by atomic mass is 10.2. The molecule has 0 aliphatic heterocycles. The maximum Gasteiger partial charge on any atom is 0.390 e. The second kappa shape index (κ2) is 6.76. The molecule has 0 saturated carbocycles. The van der Waals surface area contributed by atoms with Crippen molar-refractivity contribution in [2.75, 3.05) is 30.4 Å². The molecule has 4 nitrogen and oxygen atoms in total. The largest absolute Gasteiger partial charge is 0.390 e. The summed E-state index contributed by atoms with van der Waals surface area (Å²) in [6.45, 7) is 6.26. The van der Waals surface area contributed by atoms with Crippen molar-refractivity contribution >= 4 is 11.6 Å². The molecule has 114 valence electrons. The van der Waals surface area contributed by atoms with Crippen molar-refractivity contribution in [3.63, 3.8) is 0 Å². The maximum absolute atomic E-state index is 12.3. The molecule has 0 aromatic carbocycles. The van der Waals surface area contributed by atoms with Crippen LogP contribution in [-0.2, 0) is 6.42 Å². The van der Waals surface area contributed by atoms with Crippen molar-refractivity contribution in [2.24, 2.45) is 0 Å². The number of halogens is 3. The average molecular weight is 290 g/mol. The molecular weight excluding hydrogens is 269 g/mol. The highest BCUT2D eigenvalue weighted by atomic mass is 19.4. The standard InChI is InChI=1S/C13H21F3N4/c1-5-10-18-11(17-6-2)9(3)12(19-10)20(4)8-7-13(14,15)16/h5-8H2,1-4H3,(H,17,18,19). The van der Waals surface area contributed by atoms with Crippen LogP contribution in [0, 0.1) is 6.92 Å². The normalized spacial score (nSPS) is 11.6. The third kappa shape index (κ3) is 4.54.